The van der Waals surface area contributed by atoms with Gasteiger partial charge in [0.15, 0.2) is 5.65 Å². The molecule has 0 aliphatic rings. The van der Waals surface area contributed by atoms with E-state index in [1.54, 1.807) is 22.7 Å². The molecule has 0 saturated carbocycles. The SMILES string of the molecule is Cc1nc2cc(-c3cccc(F)c3)nn2c(C)c1CCC(=O)NCC(N)=O. The number of nitrogens with zero attached hydrogens (tertiary/aromatic N) is 3. The number of rotatable bonds is 6. The van der Waals surface area contributed by atoms with Crippen LogP contribution >= 0.6 is 0 Å². The van der Waals surface area contributed by atoms with Crippen LogP contribution in [-0.4, -0.2) is 33.0 Å². The lowest BCUT2D eigenvalue weighted by molar-refractivity contribution is -0.124. The molecule has 2 aromatic heterocycles. The van der Waals surface area contributed by atoms with Crippen molar-refractivity contribution in [1.82, 2.24) is 19.9 Å². The zero-order chi connectivity index (χ0) is 19.6. The van der Waals surface area contributed by atoms with E-state index in [2.05, 4.69) is 15.4 Å². The normalized spacial score (nSPS) is 10.9. The van der Waals surface area contributed by atoms with Gasteiger partial charge in [-0.2, -0.15) is 5.10 Å². The van der Waals surface area contributed by atoms with Crippen LogP contribution in [0.2, 0.25) is 0 Å². The molecule has 0 spiro atoms. The highest BCUT2D eigenvalue weighted by atomic mass is 19.1. The fourth-order valence-electron chi connectivity index (χ4n) is 2.99. The van der Waals surface area contributed by atoms with Crippen LogP contribution in [0.15, 0.2) is 30.3 Å². The van der Waals surface area contributed by atoms with E-state index >= 15 is 0 Å². The van der Waals surface area contributed by atoms with Gasteiger partial charge in [-0.25, -0.2) is 13.9 Å². The quantitative estimate of drug-likeness (QED) is 0.690. The lowest BCUT2D eigenvalue weighted by atomic mass is 10.1. The highest BCUT2D eigenvalue weighted by molar-refractivity contribution is 5.83. The first-order valence-corrected chi connectivity index (χ1v) is 8.52. The summed E-state index contributed by atoms with van der Waals surface area (Å²) >= 11 is 0. The van der Waals surface area contributed by atoms with Gasteiger partial charge < -0.3 is 11.1 Å². The molecule has 27 heavy (non-hydrogen) atoms. The van der Waals surface area contributed by atoms with Crippen LogP contribution in [0.4, 0.5) is 4.39 Å². The standard InChI is InChI=1S/C19H20FN5O2/c1-11-15(6-7-19(27)22-10-17(21)26)12(2)25-18(23-11)9-16(24-25)13-4-3-5-14(20)8-13/h3-5,8-9H,6-7,10H2,1-2H3,(H2,21,26)(H,22,27). The van der Waals surface area contributed by atoms with Crippen LogP contribution in [0.1, 0.15) is 23.4 Å². The average Bonchev–Trinajstić information content (AvgIpc) is 3.04. The second-order valence-corrected chi connectivity index (χ2v) is 6.31. The van der Waals surface area contributed by atoms with E-state index in [1.165, 1.54) is 12.1 Å². The topological polar surface area (TPSA) is 102 Å². The largest absolute Gasteiger partial charge is 0.368 e. The Morgan fingerprint density at radius 2 is 2.04 bits per heavy atom. The third-order valence-electron chi connectivity index (χ3n) is 4.35. The molecule has 3 N–H and O–H groups in total. The Morgan fingerprint density at radius 3 is 2.74 bits per heavy atom. The predicted octanol–water partition coefficient (Wildman–Crippen LogP) is 1.69. The fraction of sp³-hybridized carbons (Fsp3) is 0.263. The van der Waals surface area contributed by atoms with Gasteiger partial charge in [0.2, 0.25) is 11.8 Å². The molecule has 0 radical (unpaired) electrons. The van der Waals surface area contributed by atoms with Gasteiger partial charge >= 0.3 is 0 Å². The number of fused-ring (bicyclic) bond motifs is 1. The van der Waals surface area contributed by atoms with Gasteiger partial charge in [-0.3, -0.25) is 9.59 Å². The van der Waals surface area contributed by atoms with Crippen molar-refractivity contribution in [2.45, 2.75) is 26.7 Å². The maximum absolute atomic E-state index is 13.5. The number of carbonyl (C=O) groups excluding carboxylic acids is 2. The number of halogens is 1. The summed E-state index contributed by atoms with van der Waals surface area (Å²) < 4.78 is 15.2. The Kier molecular flexibility index (Phi) is 5.16. The number of hydrogen-bond acceptors (Lipinski definition) is 4. The van der Waals surface area contributed by atoms with Gasteiger partial charge in [-0.15, -0.1) is 0 Å². The summed E-state index contributed by atoms with van der Waals surface area (Å²) in [6.07, 6.45) is 0.667. The van der Waals surface area contributed by atoms with E-state index in [1.807, 2.05) is 13.8 Å². The van der Waals surface area contributed by atoms with E-state index in [9.17, 15) is 14.0 Å². The predicted molar refractivity (Wildman–Crippen MR) is 98.4 cm³/mol. The molecule has 7 nitrogen and oxygen atoms in total. The smallest absolute Gasteiger partial charge is 0.236 e. The molecular weight excluding hydrogens is 349 g/mol. The number of nitrogens with one attached hydrogen (secondary N) is 1. The van der Waals surface area contributed by atoms with E-state index < -0.39 is 5.91 Å². The second kappa shape index (κ2) is 7.53. The van der Waals surface area contributed by atoms with Crippen molar-refractivity contribution in [1.29, 1.82) is 0 Å². The van der Waals surface area contributed by atoms with Crippen LogP contribution in [-0.2, 0) is 16.0 Å². The molecule has 0 atom stereocenters. The minimum atomic E-state index is -0.583. The zero-order valence-corrected chi connectivity index (χ0v) is 15.1. The Balaban J connectivity index is 1.87. The molecule has 8 heteroatoms. The van der Waals surface area contributed by atoms with E-state index in [4.69, 9.17) is 5.73 Å². The van der Waals surface area contributed by atoms with Crippen LogP contribution in [0.3, 0.4) is 0 Å². The average molecular weight is 369 g/mol. The van der Waals surface area contributed by atoms with Gasteiger partial charge in [-0.1, -0.05) is 12.1 Å². The van der Waals surface area contributed by atoms with E-state index in [-0.39, 0.29) is 24.7 Å². The van der Waals surface area contributed by atoms with Crippen molar-refractivity contribution < 1.29 is 14.0 Å². The van der Waals surface area contributed by atoms with Crippen molar-refractivity contribution in [3.05, 3.63) is 53.1 Å². The molecule has 0 aliphatic heterocycles. The number of aromatic nitrogens is 3. The van der Waals surface area contributed by atoms with E-state index in [0.717, 1.165) is 17.0 Å². The molecule has 2 heterocycles. The number of primary amides is 1. The number of benzene rings is 1. The molecule has 0 fully saturated rings. The highest BCUT2D eigenvalue weighted by Crippen LogP contribution is 2.23. The molecule has 0 unspecified atom stereocenters. The van der Waals surface area contributed by atoms with Crippen LogP contribution in [0.5, 0.6) is 0 Å². The number of aryl methyl sites for hydroxylation is 2. The van der Waals surface area contributed by atoms with Gasteiger partial charge in [0.1, 0.15) is 5.82 Å². The minimum absolute atomic E-state index is 0.176. The summed E-state index contributed by atoms with van der Waals surface area (Å²) in [6.45, 7) is 3.60. The first-order chi connectivity index (χ1) is 12.8. The number of carbonyl (C=O) groups is 2. The fourth-order valence-corrected chi connectivity index (χ4v) is 2.99. The number of amides is 2. The van der Waals surface area contributed by atoms with Gasteiger partial charge in [0.05, 0.1) is 12.2 Å². The minimum Gasteiger partial charge on any atom is -0.368 e. The van der Waals surface area contributed by atoms with Crippen molar-refractivity contribution in [3.63, 3.8) is 0 Å². The number of nitrogens with two attached hydrogens (primary N) is 1. The number of hydrogen-bond donors (Lipinski definition) is 2. The first-order valence-electron chi connectivity index (χ1n) is 8.52. The maximum atomic E-state index is 13.5. The molecule has 3 aromatic rings. The maximum Gasteiger partial charge on any atom is 0.236 e. The highest BCUT2D eigenvalue weighted by Gasteiger charge is 2.14. The van der Waals surface area contributed by atoms with E-state index in [0.29, 0.717) is 23.3 Å². The molecular formula is C19H20FN5O2. The van der Waals surface area contributed by atoms with Crippen molar-refractivity contribution >= 4 is 17.5 Å². The lowest BCUT2D eigenvalue weighted by Gasteiger charge is -2.10. The molecule has 3 rings (SSSR count). The Morgan fingerprint density at radius 1 is 1.26 bits per heavy atom. The summed E-state index contributed by atoms with van der Waals surface area (Å²) in [7, 11) is 0. The molecule has 0 bridgehead atoms. The van der Waals surface area contributed by atoms with Gasteiger partial charge in [-0.05, 0) is 38.0 Å². The zero-order valence-electron chi connectivity index (χ0n) is 15.1. The monoisotopic (exact) mass is 369 g/mol. The Bertz CT molecular complexity index is 1030. The van der Waals surface area contributed by atoms with Crippen molar-refractivity contribution in [2.24, 2.45) is 5.73 Å². The lowest BCUT2D eigenvalue weighted by Crippen LogP contribution is -2.33. The van der Waals surface area contributed by atoms with Crippen molar-refractivity contribution in [2.75, 3.05) is 6.54 Å². The summed E-state index contributed by atoms with van der Waals surface area (Å²) in [6, 6.07) is 8.04. The molecule has 1 aromatic carbocycles. The molecule has 140 valence electrons. The first kappa shape index (κ1) is 18.5. The van der Waals surface area contributed by atoms with Gasteiger partial charge in [0.25, 0.3) is 0 Å². The van der Waals surface area contributed by atoms with Crippen molar-refractivity contribution in [3.8, 4) is 11.3 Å². The molecule has 0 saturated heterocycles. The summed E-state index contributed by atoms with van der Waals surface area (Å²) in [4.78, 5) is 27.1. The Labute approximate surface area is 155 Å². The summed E-state index contributed by atoms with van der Waals surface area (Å²) in [5.74, 6) is -1.16. The molecule has 2 amide bonds. The van der Waals surface area contributed by atoms with Crippen LogP contribution < -0.4 is 11.1 Å². The third kappa shape index (κ3) is 4.11. The molecule has 0 aliphatic carbocycles. The second-order valence-electron chi connectivity index (χ2n) is 6.31. The third-order valence-corrected chi connectivity index (χ3v) is 4.35. The van der Waals surface area contributed by atoms with Gasteiger partial charge in [0, 0.05) is 29.4 Å². The van der Waals surface area contributed by atoms with Crippen LogP contribution in [0.25, 0.3) is 16.9 Å². The summed E-state index contributed by atoms with van der Waals surface area (Å²) in [5, 5.41) is 7.01. The summed E-state index contributed by atoms with van der Waals surface area (Å²) in [5.41, 5.74) is 9.55. The Hall–Kier alpha value is -3.29. The van der Waals surface area contributed by atoms with Crippen LogP contribution in [0, 0.1) is 19.7 Å².